The molecule has 2 aromatic carbocycles. The molecule has 0 aromatic heterocycles. The van der Waals surface area contributed by atoms with E-state index in [2.05, 4.69) is 31.2 Å². The second-order valence-electron chi connectivity index (χ2n) is 5.16. The van der Waals surface area contributed by atoms with Gasteiger partial charge in [-0.15, -0.1) is 5.11 Å². The van der Waals surface area contributed by atoms with Gasteiger partial charge in [0.15, 0.2) is 5.78 Å². The first-order valence-corrected chi connectivity index (χ1v) is 8.51. The highest BCUT2D eigenvalue weighted by Gasteiger charge is 2.37. The van der Waals surface area contributed by atoms with Crippen molar-refractivity contribution in [2.24, 2.45) is 15.2 Å². The van der Waals surface area contributed by atoms with E-state index in [1.54, 1.807) is 37.3 Å². The number of azo groups is 1. The SMILES string of the molecule is CC1=NC(CBr)(c2ccccc2C(=O)c2ccccc2Cl)N=N1. The minimum Gasteiger partial charge on any atom is -0.289 e. The summed E-state index contributed by atoms with van der Waals surface area (Å²) < 4.78 is 0. The van der Waals surface area contributed by atoms with Crippen LogP contribution in [0.5, 0.6) is 0 Å². The Labute approximate surface area is 147 Å². The van der Waals surface area contributed by atoms with Crippen LogP contribution in [-0.4, -0.2) is 16.9 Å². The van der Waals surface area contributed by atoms with E-state index >= 15 is 0 Å². The second kappa shape index (κ2) is 6.34. The Morgan fingerprint density at radius 2 is 1.78 bits per heavy atom. The van der Waals surface area contributed by atoms with Crippen molar-refractivity contribution < 1.29 is 4.79 Å². The average molecular weight is 391 g/mol. The number of carbonyl (C=O) groups is 1. The van der Waals surface area contributed by atoms with E-state index in [0.29, 0.717) is 32.9 Å². The monoisotopic (exact) mass is 389 g/mol. The molecule has 3 rings (SSSR count). The molecule has 4 nitrogen and oxygen atoms in total. The van der Waals surface area contributed by atoms with Gasteiger partial charge in [-0.2, -0.15) is 5.11 Å². The number of benzene rings is 2. The van der Waals surface area contributed by atoms with Gasteiger partial charge in [-0.25, -0.2) is 4.99 Å². The Balaban J connectivity index is 2.15. The number of aliphatic imine (C=N–C) groups is 1. The summed E-state index contributed by atoms with van der Waals surface area (Å²) in [5.41, 5.74) is 0.791. The number of alkyl halides is 1. The molecular weight excluding hydrogens is 378 g/mol. The van der Waals surface area contributed by atoms with Crippen molar-refractivity contribution in [2.45, 2.75) is 12.6 Å². The van der Waals surface area contributed by atoms with E-state index in [0.717, 1.165) is 0 Å². The Hall–Kier alpha value is -1.85. The first-order chi connectivity index (χ1) is 11.1. The molecule has 1 aliphatic rings. The Bertz CT molecular complexity index is 834. The molecule has 0 bridgehead atoms. The summed E-state index contributed by atoms with van der Waals surface area (Å²) >= 11 is 9.63. The van der Waals surface area contributed by atoms with Crippen LogP contribution in [0.15, 0.2) is 63.8 Å². The minimum atomic E-state index is -0.905. The summed E-state index contributed by atoms with van der Waals surface area (Å²) in [6.45, 7) is 1.78. The number of nitrogens with zero attached hydrogens (tertiary/aromatic N) is 3. The van der Waals surface area contributed by atoms with Crippen molar-refractivity contribution in [2.75, 3.05) is 5.33 Å². The van der Waals surface area contributed by atoms with Gasteiger partial charge in [0, 0.05) is 16.7 Å². The molecule has 0 aliphatic carbocycles. The smallest absolute Gasteiger partial charge is 0.208 e. The molecule has 0 N–H and O–H groups in total. The van der Waals surface area contributed by atoms with Crippen molar-refractivity contribution in [3.05, 3.63) is 70.2 Å². The van der Waals surface area contributed by atoms with Crippen LogP contribution in [-0.2, 0) is 5.66 Å². The van der Waals surface area contributed by atoms with Gasteiger partial charge in [0.2, 0.25) is 5.66 Å². The van der Waals surface area contributed by atoms with Crippen LogP contribution in [0.25, 0.3) is 0 Å². The maximum atomic E-state index is 13.0. The van der Waals surface area contributed by atoms with Crippen molar-refractivity contribution in [1.82, 2.24) is 0 Å². The normalized spacial score (nSPS) is 19.7. The topological polar surface area (TPSA) is 54.1 Å². The van der Waals surface area contributed by atoms with Crippen LogP contribution in [0.2, 0.25) is 5.02 Å². The third kappa shape index (κ3) is 2.86. The number of rotatable bonds is 4. The number of ketones is 1. The van der Waals surface area contributed by atoms with Gasteiger partial charge in [0.05, 0.1) is 10.4 Å². The average Bonchev–Trinajstić information content (AvgIpc) is 2.97. The third-order valence-corrected chi connectivity index (χ3v) is 4.73. The van der Waals surface area contributed by atoms with E-state index in [-0.39, 0.29) is 5.78 Å². The molecule has 0 radical (unpaired) electrons. The molecule has 2 aromatic rings. The molecule has 1 atom stereocenters. The molecule has 1 aliphatic heterocycles. The molecule has 1 heterocycles. The summed E-state index contributed by atoms with van der Waals surface area (Å²) in [6.07, 6.45) is 0. The number of amidine groups is 1. The molecule has 0 spiro atoms. The second-order valence-corrected chi connectivity index (χ2v) is 6.13. The lowest BCUT2D eigenvalue weighted by molar-refractivity contribution is 0.103. The highest BCUT2D eigenvalue weighted by atomic mass is 79.9. The first kappa shape index (κ1) is 16.0. The van der Waals surface area contributed by atoms with Gasteiger partial charge >= 0.3 is 0 Å². The fraction of sp³-hybridized carbons (Fsp3) is 0.176. The zero-order valence-electron chi connectivity index (χ0n) is 12.3. The van der Waals surface area contributed by atoms with Crippen molar-refractivity contribution in [3.8, 4) is 0 Å². The van der Waals surface area contributed by atoms with Crippen LogP contribution in [0.1, 0.15) is 28.4 Å². The highest BCUT2D eigenvalue weighted by molar-refractivity contribution is 9.09. The van der Waals surface area contributed by atoms with Gasteiger partial charge in [-0.1, -0.05) is 63.9 Å². The van der Waals surface area contributed by atoms with Crippen molar-refractivity contribution in [3.63, 3.8) is 0 Å². The van der Waals surface area contributed by atoms with Gasteiger partial charge in [-0.3, -0.25) is 4.79 Å². The Kier molecular flexibility index (Phi) is 4.41. The first-order valence-electron chi connectivity index (χ1n) is 7.01. The predicted molar refractivity (Wildman–Crippen MR) is 94.8 cm³/mol. The Morgan fingerprint density at radius 3 is 2.39 bits per heavy atom. The fourth-order valence-corrected chi connectivity index (χ4v) is 3.29. The summed E-state index contributed by atoms with van der Waals surface area (Å²) in [6, 6.07) is 14.3. The summed E-state index contributed by atoms with van der Waals surface area (Å²) in [4.78, 5) is 17.5. The van der Waals surface area contributed by atoms with Crippen LogP contribution < -0.4 is 0 Å². The quantitative estimate of drug-likeness (QED) is 0.535. The molecule has 23 heavy (non-hydrogen) atoms. The molecule has 0 amide bonds. The molecule has 1 unspecified atom stereocenters. The molecule has 0 saturated carbocycles. The third-order valence-electron chi connectivity index (χ3n) is 3.61. The van der Waals surface area contributed by atoms with Crippen molar-refractivity contribution in [1.29, 1.82) is 0 Å². The Morgan fingerprint density at radius 1 is 1.13 bits per heavy atom. The standard InChI is InChI=1S/C17H13BrClN3O/c1-11-20-17(10-18,22-21-11)14-8-4-2-6-12(14)16(23)13-7-3-5-9-15(13)19/h2-9H,10H2,1H3. The number of carbonyl (C=O) groups excluding carboxylic acids is 1. The largest absolute Gasteiger partial charge is 0.289 e. The van der Waals surface area contributed by atoms with Crippen LogP contribution in [0.4, 0.5) is 0 Å². The maximum Gasteiger partial charge on any atom is 0.208 e. The number of hydrogen-bond donors (Lipinski definition) is 0. The van der Waals surface area contributed by atoms with Crippen LogP contribution in [0.3, 0.4) is 0 Å². The fourth-order valence-electron chi connectivity index (χ4n) is 2.53. The lowest BCUT2D eigenvalue weighted by Crippen LogP contribution is -2.24. The van der Waals surface area contributed by atoms with Gasteiger partial charge in [0.1, 0.15) is 5.84 Å². The zero-order chi connectivity index (χ0) is 16.4. The van der Waals surface area contributed by atoms with E-state index in [9.17, 15) is 4.79 Å². The van der Waals surface area contributed by atoms with Crippen molar-refractivity contribution >= 4 is 39.1 Å². The van der Waals surface area contributed by atoms with E-state index in [4.69, 9.17) is 11.6 Å². The predicted octanol–water partition coefficient (Wildman–Crippen LogP) is 5.00. The number of hydrogen-bond acceptors (Lipinski definition) is 4. The summed E-state index contributed by atoms with van der Waals surface area (Å²) in [5, 5.41) is 9.18. The summed E-state index contributed by atoms with van der Waals surface area (Å²) in [7, 11) is 0. The summed E-state index contributed by atoms with van der Waals surface area (Å²) in [5.74, 6) is 0.436. The molecule has 0 fully saturated rings. The maximum absolute atomic E-state index is 13.0. The van der Waals surface area contributed by atoms with E-state index in [1.807, 2.05) is 18.2 Å². The van der Waals surface area contributed by atoms with Gasteiger partial charge < -0.3 is 0 Å². The minimum absolute atomic E-state index is 0.151. The van der Waals surface area contributed by atoms with Gasteiger partial charge in [-0.05, 0) is 19.1 Å². The highest BCUT2D eigenvalue weighted by Crippen LogP contribution is 2.37. The lowest BCUT2D eigenvalue weighted by Gasteiger charge is -2.22. The van der Waals surface area contributed by atoms with E-state index < -0.39 is 5.66 Å². The van der Waals surface area contributed by atoms with E-state index in [1.165, 1.54) is 0 Å². The lowest BCUT2D eigenvalue weighted by atomic mass is 9.91. The van der Waals surface area contributed by atoms with Crippen LogP contribution >= 0.6 is 27.5 Å². The molecule has 0 saturated heterocycles. The molecule has 116 valence electrons. The van der Waals surface area contributed by atoms with Crippen LogP contribution in [0, 0.1) is 0 Å². The van der Waals surface area contributed by atoms with Gasteiger partial charge in [0.25, 0.3) is 0 Å². The molecular formula is C17H13BrClN3O. The number of halogens is 2. The zero-order valence-corrected chi connectivity index (χ0v) is 14.7. The molecule has 6 heteroatoms.